The molecule has 2 heterocycles. The molecular weight excluding hydrogens is 234 g/mol. The minimum atomic E-state index is -0.476. The summed E-state index contributed by atoms with van der Waals surface area (Å²) in [5.41, 5.74) is 0.872. The van der Waals surface area contributed by atoms with E-state index < -0.39 is 5.97 Å². The van der Waals surface area contributed by atoms with Crippen LogP contribution in [0.25, 0.3) is 0 Å². The molecule has 0 aromatic carbocycles. The lowest BCUT2D eigenvalue weighted by molar-refractivity contribution is 0.0467. The van der Waals surface area contributed by atoms with Crippen molar-refractivity contribution in [3.8, 4) is 0 Å². The van der Waals surface area contributed by atoms with Crippen LogP contribution in [0.3, 0.4) is 0 Å². The molecule has 0 unspecified atom stereocenters. The maximum Gasteiger partial charge on any atom is 0.340 e. The molecule has 0 saturated heterocycles. The zero-order valence-corrected chi connectivity index (χ0v) is 9.71. The van der Waals surface area contributed by atoms with Gasteiger partial charge in [0.2, 0.25) is 0 Å². The lowest BCUT2D eigenvalue weighted by Gasteiger charge is -2.01. The fourth-order valence-corrected chi connectivity index (χ4v) is 1.32. The van der Waals surface area contributed by atoms with Crippen molar-refractivity contribution < 1.29 is 14.3 Å². The fourth-order valence-electron chi connectivity index (χ4n) is 1.32. The number of Topliss-reactive ketones (excluding diaryl/α,β-unsaturated/α-hetero) is 1. The average Bonchev–Trinajstić information content (AvgIpc) is 2.86. The lowest BCUT2D eigenvalue weighted by Crippen LogP contribution is -2.05. The number of carbonyl (C=O) groups is 2. The van der Waals surface area contributed by atoms with Gasteiger partial charge in [0.25, 0.3) is 0 Å². The number of hydrogen-bond acceptors (Lipinski definition) is 5. The van der Waals surface area contributed by atoms with E-state index in [-0.39, 0.29) is 18.2 Å². The number of carbonyl (C=O) groups excluding carboxylic acids is 2. The van der Waals surface area contributed by atoms with Crippen LogP contribution in [0.4, 0.5) is 0 Å². The molecule has 2 aromatic heterocycles. The number of aromatic amines is 1. The molecule has 0 aliphatic heterocycles. The molecule has 0 saturated carbocycles. The standard InChI is InChI=1S/C12H11N3O3/c1-8(16)11-14-6-10(15-11)7-18-12(17)9-3-2-4-13-5-9/h2-6H,7H2,1H3,(H,14,15). The van der Waals surface area contributed by atoms with E-state index in [2.05, 4.69) is 15.0 Å². The Morgan fingerprint density at radius 2 is 2.28 bits per heavy atom. The monoisotopic (exact) mass is 245 g/mol. The van der Waals surface area contributed by atoms with Gasteiger partial charge in [-0.15, -0.1) is 0 Å². The summed E-state index contributed by atoms with van der Waals surface area (Å²) in [4.78, 5) is 33.1. The summed E-state index contributed by atoms with van der Waals surface area (Å²) in [5, 5.41) is 0. The van der Waals surface area contributed by atoms with Crippen molar-refractivity contribution in [2.45, 2.75) is 13.5 Å². The van der Waals surface area contributed by atoms with E-state index in [1.807, 2.05) is 0 Å². The maximum absolute atomic E-state index is 11.6. The molecular formula is C12H11N3O3. The number of rotatable bonds is 4. The van der Waals surface area contributed by atoms with Gasteiger partial charge in [-0.2, -0.15) is 0 Å². The van der Waals surface area contributed by atoms with Gasteiger partial charge < -0.3 is 9.72 Å². The highest BCUT2D eigenvalue weighted by atomic mass is 16.5. The van der Waals surface area contributed by atoms with Crippen molar-refractivity contribution in [1.82, 2.24) is 15.0 Å². The molecule has 92 valence electrons. The topological polar surface area (TPSA) is 84.9 Å². The van der Waals surface area contributed by atoms with Crippen LogP contribution in [0.15, 0.2) is 30.7 Å². The first-order chi connectivity index (χ1) is 8.66. The highest BCUT2D eigenvalue weighted by Gasteiger charge is 2.09. The summed E-state index contributed by atoms with van der Waals surface area (Å²) in [6, 6.07) is 3.26. The molecule has 0 aliphatic rings. The molecule has 6 heteroatoms. The van der Waals surface area contributed by atoms with Gasteiger partial charge in [0.15, 0.2) is 11.6 Å². The average molecular weight is 245 g/mol. The predicted octanol–water partition coefficient (Wildman–Crippen LogP) is 1.36. The molecule has 2 aromatic rings. The summed E-state index contributed by atoms with van der Waals surface area (Å²) >= 11 is 0. The summed E-state index contributed by atoms with van der Waals surface area (Å²) < 4.78 is 5.03. The summed E-state index contributed by atoms with van der Waals surface area (Å²) in [6.45, 7) is 1.42. The van der Waals surface area contributed by atoms with E-state index in [0.717, 1.165) is 0 Å². The zero-order valence-electron chi connectivity index (χ0n) is 9.71. The number of H-pyrrole nitrogens is 1. The van der Waals surface area contributed by atoms with E-state index in [9.17, 15) is 9.59 Å². The SMILES string of the molecule is CC(=O)c1nc(COC(=O)c2cccnc2)c[nH]1. The molecule has 0 radical (unpaired) electrons. The number of ketones is 1. The number of imidazole rings is 1. The molecule has 0 fully saturated rings. The molecule has 0 aliphatic carbocycles. The van der Waals surface area contributed by atoms with Gasteiger partial charge in [-0.25, -0.2) is 9.78 Å². The molecule has 2 rings (SSSR count). The van der Waals surface area contributed by atoms with Crippen LogP contribution >= 0.6 is 0 Å². The molecule has 0 bridgehead atoms. The molecule has 0 amide bonds. The van der Waals surface area contributed by atoms with E-state index in [0.29, 0.717) is 11.3 Å². The Morgan fingerprint density at radius 1 is 1.44 bits per heavy atom. The van der Waals surface area contributed by atoms with Crippen molar-refractivity contribution in [3.63, 3.8) is 0 Å². The Balaban J connectivity index is 1.95. The quantitative estimate of drug-likeness (QED) is 0.649. The zero-order chi connectivity index (χ0) is 13.0. The van der Waals surface area contributed by atoms with Crippen LogP contribution < -0.4 is 0 Å². The fraction of sp³-hybridized carbons (Fsp3) is 0.167. The van der Waals surface area contributed by atoms with Gasteiger partial charge in [0.1, 0.15) is 6.61 Å². The number of pyridine rings is 1. The molecule has 18 heavy (non-hydrogen) atoms. The lowest BCUT2D eigenvalue weighted by atomic mass is 10.3. The van der Waals surface area contributed by atoms with Gasteiger partial charge >= 0.3 is 5.97 Å². The van der Waals surface area contributed by atoms with Crippen molar-refractivity contribution in [2.75, 3.05) is 0 Å². The number of nitrogens with one attached hydrogen (secondary N) is 1. The number of nitrogens with zero attached hydrogens (tertiary/aromatic N) is 2. The highest BCUT2D eigenvalue weighted by molar-refractivity contribution is 5.90. The number of aromatic nitrogens is 3. The molecule has 0 spiro atoms. The van der Waals surface area contributed by atoms with Crippen LogP contribution in [-0.4, -0.2) is 26.7 Å². The van der Waals surface area contributed by atoms with Crippen molar-refractivity contribution in [3.05, 3.63) is 47.8 Å². The van der Waals surface area contributed by atoms with Crippen LogP contribution in [0, 0.1) is 0 Å². The first-order valence-corrected chi connectivity index (χ1v) is 5.29. The summed E-state index contributed by atoms with van der Waals surface area (Å²) in [7, 11) is 0. The van der Waals surface area contributed by atoms with Crippen molar-refractivity contribution in [2.24, 2.45) is 0 Å². The van der Waals surface area contributed by atoms with Crippen LogP contribution in [0.1, 0.15) is 33.6 Å². The molecule has 6 nitrogen and oxygen atoms in total. The van der Waals surface area contributed by atoms with Gasteiger partial charge in [0, 0.05) is 25.5 Å². The third-order valence-corrected chi connectivity index (χ3v) is 2.21. The smallest absolute Gasteiger partial charge is 0.340 e. The second kappa shape index (κ2) is 5.22. The molecule has 0 atom stereocenters. The predicted molar refractivity (Wildman–Crippen MR) is 61.9 cm³/mol. The van der Waals surface area contributed by atoms with Crippen molar-refractivity contribution in [1.29, 1.82) is 0 Å². The minimum Gasteiger partial charge on any atom is -0.455 e. The Labute approximate surface area is 103 Å². The third-order valence-electron chi connectivity index (χ3n) is 2.21. The normalized spacial score (nSPS) is 10.1. The van der Waals surface area contributed by atoms with Crippen LogP contribution in [0.2, 0.25) is 0 Å². The van der Waals surface area contributed by atoms with Gasteiger partial charge in [-0.1, -0.05) is 0 Å². The van der Waals surface area contributed by atoms with E-state index in [1.165, 1.54) is 19.3 Å². The van der Waals surface area contributed by atoms with Crippen LogP contribution in [-0.2, 0) is 11.3 Å². The third kappa shape index (κ3) is 2.79. The van der Waals surface area contributed by atoms with E-state index in [1.54, 1.807) is 18.3 Å². The Hall–Kier alpha value is -2.50. The van der Waals surface area contributed by atoms with Gasteiger partial charge in [-0.05, 0) is 12.1 Å². The van der Waals surface area contributed by atoms with E-state index in [4.69, 9.17) is 4.74 Å². The second-order valence-corrected chi connectivity index (χ2v) is 3.61. The first-order valence-electron chi connectivity index (χ1n) is 5.29. The molecule has 1 N–H and O–H groups in total. The van der Waals surface area contributed by atoms with Crippen molar-refractivity contribution >= 4 is 11.8 Å². The summed E-state index contributed by atoms with van der Waals surface area (Å²) in [5.74, 6) is -0.391. The Morgan fingerprint density at radius 3 is 2.89 bits per heavy atom. The van der Waals surface area contributed by atoms with Gasteiger partial charge in [0.05, 0.1) is 11.3 Å². The Kier molecular flexibility index (Phi) is 3.47. The maximum atomic E-state index is 11.6. The first kappa shape index (κ1) is 12.0. The summed E-state index contributed by atoms with van der Waals surface area (Å²) in [6.07, 6.45) is 4.53. The second-order valence-electron chi connectivity index (χ2n) is 3.61. The minimum absolute atomic E-state index is 0.0114. The largest absolute Gasteiger partial charge is 0.455 e. The van der Waals surface area contributed by atoms with Gasteiger partial charge in [-0.3, -0.25) is 9.78 Å². The number of hydrogen-bond donors (Lipinski definition) is 1. The number of esters is 1. The Bertz CT molecular complexity index is 563. The van der Waals surface area contributed by atoms with Crippen LogP contribution in [0.5, 0.6) is 0 Å². The highest BCUT2D eigenvalue weighted by Crippen LogP contribution is 2.04. The number of ether oxygens (including phenoxy) is 1. The van der Waals surface area contributed by atoms with E-state index >= 15 is 0 Å².